The van der Waals surface area contributed by atoms with E-state index in [1.165, 1.54) is 6.07 Å². The van der Waals surface area contributed by atoms with Crippen LogP contribution in [0.4, 0.5) is 13.2 Å². The molecule has 1 aromatic rings. The van der Waals surface area contributed by atoms with Gasteiger partial charge in [0, 0.05) is 6.54 Å². The van der Waals surface area contributed by atoms with Crippen LogP contribution >= 0.6 is 0 Å². The van der Waals surface area contributed by atoms with E-state index in [-0.39, 0.29) is 12.1 Å². The zero-order valence-corrected chi connectivity index (χ0v) is 8.21. The number of alkyl halides is 3. The molecular formula is C10H10F3NO2. The smallest absolute Gasteiger partial charge is 0.416 e. The quantitative estimate of drug-likeness (QED) is 0.836. The second-order valence-corrected chi connectivity index (χ2v) is 3.26. The summed E-state index contributed by atoms with van der Waals surface area (Å²) in [6.45, 7) is 0.0146. The van der Waals surface area contributed by atoms with Crippen molar-refractivity contribution in [3.8, 4) is 0 Å². The van der Waals surface area contributed by atoms with Gasteiger partial charge < -0.3 is 10.8 Å². The summed E-state index contributed by atoms with van der Waals surface area (Å²) >= 11 is 0. The van der Waals surface area contributed by atoms with Crippen LogP contribution in [0, 0.1) is 0 Å². The first-order chi connectivity index (χ1) is 7.34. The monoisotopic (exact) mass is 233 g/mol. The van der Waals surface area contributed by atoms with E-state index in [0.717, 1.165) is 12.1 Å². The van der Waals surface area contributed by atoms with Crippen molar-refractivity contribution in [1.82, 2.24) is 0 Å². The Morgan fingerprint density at radius 2 is 1.94 bits per heavy atom. The number of carboxylic acids is 1. The van der Waals surface area contributed by atoms with E-state index < -0.39 is 24.1 Å². The molecule has 0 aliphatic heterocycles. The Morgan fingerprint density at radius 1 is 1.31 bits per heavy atom. The molecular weight excluding hydrogens is 223 g/mol. The summed E-state index contributed by atoms with van der Waals surface area (Å²) < 4.78 is 37.1. The first-order valence-corrected chi connectivity index (χ1v) is 4.45. The summed E-state index contributed by atoms with van der Waals surface area (Å²) in [6.07, 6.45) is -4.93. The normalized spacial score (nSPS) is 11.5. The molecule has 1 rings (SSSR count). The summed E-state index contributed by atoms with van der Waals surface area (Å²) in [7, 11) is 0. The van der Waals surface area contributed by atoms with Crippen LogP contribution in [0.1, 0.15) is 16.7 Å². The molecule has 0 aliphatic rings. The van der Waals surface area contributed by atoms with Gasteiger partial charge in [-0.05, 0) is 23.3 Å². The van der Waals surface area contributed by atoms with E-state index in [2.05, 4.69) is 0 Å². The minimum atomic E-state index is -4.47. The van der Waals surface area contributed by atoms with Gasteiger partial charge in [0.1, 0.15) is 0 Å². The van der Waals surface area contributed by atoms with Crippen LogP contribution in [0.5, 0.6) is 0 Å². The van der Waals surface area contributed by atoms with Gasteiger partial charge in [0.05, 0.1) is 12.0 Å². The number of rotatable bonds is 3. The van der Waals surface area contributed by atoms with Gasteiger partial charge >= 0.3 is 12.1 Å². The Kier molecular flexibility index (Phi) is 3.54. The SMILES string of the molecule is NCc1ccc(C(F)(F)F)cc1CC(=O)O. The van der Waals surface area contributed by atoms with Crippen molar-refractivity contribution >= 4 is 5.97 Å². The van der Waals surface area contributed by atoms with E-state index in [9.17, 15) is 18.0 Å². The van der Waals surface area contributed by atoms with E-state index in [4.69, 9.17) is 10.8 Å². The van der Waals surface area contributed by atoms with Gasteiger partial charge in [0.2, 0.25) is 0 Å². The highest BCUT2D eigenvalue weighted by atomic mass is 19.4. The largest absolute Gasteiger partial charge is 0.481 e. The van der Waals surface area contributed by atoms with Gasteiger partial charge in [-0.15, -0.1) is 0 Å². The lowest BCUT2D eigenvalue weighted by atomic mass is 10.0. The Bertz CT molecular complexity index is 402. The molecule has 0 bridgehead atoms. The maximum absolute atomic E-state index is 12.4. The van der Waals surface area contributed by atoms with Crippen LogP contribution < -0.4 is 5.73 Å². The average molecular weight is 233 g/mol. The van der Waals surface area contributed by atoms with Crippen LogP contribution in [0.25, 0.3) is 0 Å². The molecule has 0 aliphatic carbocycles. The van der Waals surface area contributed by atoms with Gasteiger partial charge in [-0.3, -0.25) is 4.79 Å². The van der Waals surface area contributed by atoms with Gasteiger partial charge in [-0.2, -0.15) is 13.2 Å². The summed E-state index contributed by atoms with van der Waals surface area (Å²) in [5.74, 6) is -1.19. The lowest BCUT2D eigenvalue weighted by Gasteiger charge is -2.11. The molecule has 3 N–H and O–H groups in total. The summed E-state index contributed by atoms with van der Waals surface area (Å²) in [5, 5.41) is 8.56. The second kappa shape index (κ2) is 4.52. The number of carbonyl (C=O) groups is 1. The molecule has 0 fully saturated rings. The van der Waals surface area contributed by atoms with Crippen molar-refractivity contribution in [3.05, 3.63) is 34.9 Å². The average Bonchev–Trinajstić information content (AvgIpc) is 2.15. The maximum atomic E-state index is 12.4. The molecule has 88 valence electrons. The third-order valence-corrected chi connectivity index (χ3v) is 2.10. The van der Waals surface area contributed by atoms with Crippen molar-refractivity contribution in [2.75, 3.05) is 0 Å². The third-order valence-electron chi connectivity index (χ3n) is 2.10. The topological polar surface area (TPSA) is 63.3 Å². The molecule has 0 radical (unpaired) electrons. The molecule has 3 nitrogen and oxygen atoms in total. The molecule has 6 heteroatoms. The fourth-order valence-electron chi connectivity index (χ4n) is 1.33. The van der Waals surface area contributed by atoms with E-state index >= 15 is 0 Å². The lowest BCUT2D eigenvalue weighted by Crippen LogP contribution is -2.11. The highest BCUT2D eigenvalue weighted by molar-refractivity contribution is 5.70. The standard InChI is InChI=1S/C10H10F3NO2/c11-10(12,13)8-2-1-6(5-14)7(3-8)4-9(15)16/h1-3H,4-5,14H2,(H,15,16). The van der Waals surface area contributed by atoms with E-state index in [0.29, 0.717) is 5.56 Å². The van der Waals surface area contributed by atoms with Crippen molar-refractivity contribution in [1.29, 1.82) is 0 Å². The molecule has 0 aromatic heterocycles. The van der Waals surface area contributed by atoms with Crippen LogP contribution in [0.2, 0.25) is 0 Å². The van der Waals surface area contributed by atoms with E-state index in [1.807, 2.05) is 0 Å². The number of aliphatic carboxylic acids is 1. The van der Waals surface area contributed by atoms with Crippen molar-refractivity contribution < 1.29 is 23.1 Å². The van der Waals surface area contributed by atoms with E-state index in [1.54, 1.807) is 0 Å². The fraction of sp³-hybridized carbons (Fsp3) is 0.300. The van der Waals surface area contributed by atoms with Gasteiger partial charge in [-0.25, -0.2) is 0 Å². The molecule has 0 spiro atoms. The zero-order chi connectivity index (χ0) is 12.3. The first kappa shape index (κ1) is 12.5. The number of halogens is 3. The van der Waals surface area contributed by atoms with Crippen LogP contribution in [-0.4, -0.2) is 11.1 Å². The van der Waals surface area contributed by atoms with Crippen molar-refractivity contribution in [3.63, 3.8) is 0 Å². The highest BCUT2D eigenvalue weighted by Gasteiger charge is 2.31. The predicted molar refractivity (Wildman–Crippen MR) is 50.7 cm³/mol. The molecule has 0 saturated heterocycles. The third kappa shape index (κ3) is 2.96. The number of hydrogen-bond acceptors (Lipinski definition) is 2. The molecule has 0 saturated carbocycles. The Balaban J connectivity index is 3.16. The maximum Gasteiger partial charge on any atom is 0.416 e. The van der Waals surface area contributed by atoms with Gasteiger partial charge in [0.25, 0.3) is 0 Å². The summed E-state index contributed by atoms with van der Waals surface area (Å²) in [6, 6.07) is 2.94. The number of benzene rings is 1. The molecule has 0 heterocycles. The minimum absolute atomic E-state index is 0.0146. The highest BCUT2D eigenvalue weighted by Crippen LogP contribution is 2.30. The van der Waals surface area contributed by atoms with Crippen molar-refractivity contribution in [2.24, 2.45) is 5.73 Å². The molecule has 0 atom stereocenters. The fourth-order valence-corrected chi connectivity index (χ4v) is 1.33. The van der Waals surface area contributed by atoms with Crippen LogP contribution in [0.15, 0.2) is 18.2 Å². The molecule has 0 amide bonds. The Labute approximate surface area is 89.7 Å². The molecule has 16 heavy (non-hydrogen) atoms. The predicted octanol–water partition coefficient (Wildman–Crippen LogP) is 1.79. The minimum Gasteiger partial charge on any atom is -0.481 e. The Morgan fingerprint density at radius 3 is 2.38 bits per heavy atom. The number of nitrogens with two attached hydrogens (primary N) is 1. The molecule has 1 aromatic carbocycles. The summed E-state index contributed by atoms with van der Waals surface area (Å²) in [4.78, 5) is 10.5. The van der Waals surface area contributed by atoms with Gasteiger partial charge in [-0.1, -0.05) is 6.07 Å². The van der Waals surface area contributed by atoms with Gasteiger partial charge in [0.15, 0.2) is 0 Å². The van der Waals surface area contributed by atoms with Crippen LogP contribution in [-0.2, 0) is 23.9 Å². The number of carboxylic acid groups (broad SMARTS) is 1. The van der Waals surface area contributed by atoms with Crippen LogP contribution in [0.3, 0.4) is 0 Å². The summed E-state index contributed by atoms with van der Waals surface area (Å²) in [5.41, 5.74) is 4.97. The molecule has 0 unspecified atom stereocenters. The second-order valence-electron chi connectivity index (χ2n) is 3.26. The number of hydrogen-bond donors (Lipinski definition) is 2. The first-order valence-electron chi connectivity index (χ1n) is 4.45. The lowest BCUT2D eigenvalue weighted by molar-refractivity contribution is -0.138. The van der Waals surface area contributed by atoms with Crippen molar-refractivity contribution in [2.45, 2.75) is 19.1 Å². The Hall–Kier alpha value is -1.56. The zero-order valence-electron chi connectivity index (χ0n) is 8.21.